The minimum absolute atomic E-state index is 0.232. The van der Waals surface area contributed by atoms with Gasteiger partial charge in [-0.3, -0.25) is 4.79 Å². The van der Waals surface area contributed by atoms with Crippen molar-refractivity contribution in [1.82, 2.24) is 10.3 Å². The van der Waals surface area contributed by atoms with Gasteiger partial charge in [0.1, 0.15) is 5.60 Å². The second-order valence-electron chi connectivity index (χ2n) is 5.23. The fraction of sp³-hybridized carbons (Fsp3) is 0.467. The third kappa shape index (κ3) is 3.39. The van der Waals surface area contributed by atoms with Gasteiger partial charge in [-0.1, -0.05) is 12.1 Å². The maximum absolute atomic E-state index is 12.1. The first-order valence-corrected chi connectivity index (χ1v) is 9.07. The lowest BCUT2D eigenvalue weighted by molar-refractivity contribution is -0.140. The van der Waals surface area contributed by atoms with Gasteiger partial charge in [0.05, 0.1) is 15.2 Å². The lowest BCUT2D eigenvalue weighted by Gasteiger charge is -2.30. The smallest absolute Gasteiger partial charge is 0.252 e. The second kappa shape index (κ2) is 6.34. The monoisotopic (exact) mass is 322 g/mol. The van der Waals surface area contributed by atoms with Crippen LogP contribution in [0.3, 0.4) is 0 Å². The van der Waals surface area contributed by atoms with Crippen molar-refractivity contribution in [2.75, 3.05) is 18.1 Å². The molecule has 0 bridgehead atoms. The zero-order chi connectivity index (χ0) is 14.7. The number of carbonyl (C=O) groups is 1. The van der Waals surface area contributed by atoms with E-state index < -0.39 is 5.60 Å². The summed E-state index contributed by atoms with van der Waals surface area (Å²) in [5.41, 5.74) is -0.162. The summed E-state index contributed by atoms with van der Waals surface area (Å²) < 4.78 is 1.17. The largest absolute Gasteiger partial charge is 0.380 e. The Morgan fingerprint density at radius 2 is 2.10 bits per heavy atom. The van der Waals surface area contributed by atoms with Crippen LogP contribution in [-0.4, -0.2) is 39.6 Å². The van der Waals surface area contributed by atoms with E-state index in [2.05, 4.69) is 16.4 Å². The quantitative estimate of drug-likeness (QED) is 0.906. The number of thiazole rings is 1. The van der Waals surface area contributed by atoms with Crippen LogP contribution < -0.4 is 5.32 Å². The van der Waals surface area contributed by atoms with Gasteiger partial charge in [-0.15, -0.1) is 11.3 Å². The van der Waals surface area contributed by atoms with E-state index in [4.69, 9.17) is 0 Å². The molecule has 21 heavy (non-hydrogen) atoms. The molecule has 2 N–H and O–H groups in total. The molecule has 112 valence electrons. The standard InChI is InChI=1S/C15H18N2O2S2/c18-14(15(19)6-9-20-10-7-15)16-8-5-13-17-11-3-1-2-4-12(11)21-13/h1-4,19H,5-10H2,(H,16,18). The van der Waals surface area contributed by atoms with E-state index in [1.54, 1.807) is 23.1 Å². The first-order valence-electron chi connectivity index (χ1n) is 7.10. The highest BCUT2D eigenvalue weighted by Crippen LogP contribution is 2.27. The molecular weight excluding hydrogens is 304 g/mol. The molecule has 1 aliphatic rings. The number of hydrogen-bond donors (Lipinski definition) is 2. The molecule has 2 aromatic rings. The summed E-state index contributed by atoms with van der Waals surface area (Å²) >= 11 is 3.44. The van der Waals surface area contributed by atoms with E-state index in [1.807, 2.05) is 18.2 Å². The van der Waals surface area contributed by atoms with E-state index in [0.29, 0.717) is 25.8 Å². The summed E-state index contributed by atoms with van der Waals surface area (Å²) in [7, 11) is 0. The van der Waals surface area contributed by atoms with Crippen molar-refractivity contribution in [2.24, 2.45) is 0 Å². The van der Waals surface area contributed by atoms with Crippen LogP contribution >= 0.6 is 23.1 Å². The van der Waals surface area contributed by atoms with Crippen LogP contribution in [0, 0.1) is 0 Å². The second-order valence-corrected chi connectivity index (χ2v) is 7.57. The Labute approximate surface area is 132 Å². The van der Waals surface area contributed by atoms with E-state index in [9.17, 15) is 9.90 Å². The number of rotatable bonds is 4. The maximum atomic E-state index is 12.1. The van der Waals surface area contributed by atoms with Crippen molar-refractivity contribution in [1.29, 1.82) is 0 Å². The van der Waals surface area contributed by atoms with Crippen LogP contribution in [0.15, 0.2) is 24.3 Å². The van der Waals surface area contributed by atoms with E-state index in [-0.39, 0.29) is 5.91 Å². The van der Waals surface area contributed by atoms with Crippen molar-refractivity contribution in [3.05, 3.63) is 29.3 Å². The number of nitrogens with zero attached hydrogens (tertiary/aromatic N) is 1. The number of benzene rings is 1. The number of hydrogen-bond acceptors (Lipinski definition) is 5. The highest BCUT2D eigenvalue weighted by atomic mass is 32.2. The summed E-state index contributed by atoms with van der Waals surface area (Å²) in [6.07, 6.45) is 1.80. The molecule has 0 aliphatic carbocycles. The van der Waals surface area contributed by atoms with Crippen LogP contribution in [0.5, 0.6) is 0 Å². The van der Waals surface area contributed by atoms with E-state index in [0.717, 1.165) is 22.0 Å². The lowest BCUT2D eigenvalue weighted by Crippen LogP contribution is -2.49. The normalized spacial score (nSPS) is 17.8. The number of para-hydroxylation sites is 1. The molecule has 0 saturated carbocycles. The van der Waals surface area contributed by atoms with Crippen LogP contribution in [0.25, 0.3) is 10.2 Å². The average molecular weight is 322 g/mol. The van der Waals surface area contributed by atoms with Crippen molar-refractivity contribution in [2.45, 2.75) is 24.9 Å². The molecule has 1 aromatic heterocycles. The average Bonchev–Trinajstić information content (AvgIpc) is 2.90. The molecule has 0 atom stereocenters. The Balaban J connectivity index is 1.54. The molecule has 4 nitrogen and oxygen atoms in total. The van der Waals surface area contributed by atoms with Gasteiger partial charge in [0.2, 0.25) is 0 Å². The van der Waals surface area contributed by atoms with Crippen molar-refractivity contribution < 1.29 is 9.90 Å². The molecule has 6 heteroatoms. The van der Waals surface area contributed by atoms with Crippen LogP contribution in [-0.2, 0) is 11.2 Å². The Bertz CT molecular complexity index is 602. The van der Waals surface area contributed by atoms with Gasteiger partial charge in [-0.25, -0.2) is 4.98 Å². The summed E-state index contributed by atoms with van der Waals surface area (Å²) in [6, 6.07) is 8.03. The highest BCUT2D eigenvalue weighted by molar-refractivity contribution is 7.99. The number of thioether (sulfide) groups is 1. The molecule has 2 heterocycles. The number of fused-ring (bicyclic) bond motifs is 1. The number of carbonyl (C=O) groups excluding carboxylic acids is 1. The third-order valence-electron chi connectivity index (χ3n) is 3.71. The molecule has 1 fully saturated rings. The predicted octanol–water partition coefficient (Wildman–Crippen LogP) is 2.21. The molecule has 0 radical (unpaired) electrons. The van der Waals surface area contributed by atoms with Gasteiger partial charge in [0.25, 0.3) is 5.91 Å². The van der Waals surface area contributed by atoms with Gasteiger partial charge in [-0.05, 0) is 36.5 Å². The van der Waals surface area contributed by atoms with Crippen LogP contribution in [0.4, 0.5) is 0 Å². The van der Waals surface area contributed by atoms with Crippen molar-refractivity contribution in [3.8, 4) is 0 Å². The number of aromatic nitrogens is 1. The Morgan fingerprint density at radius 1 is 1.33 bits per heavy atom. The van der Waals surface area contributed by atoms with E-state index in [1.165, 1.54) is 4.70 Å². The Morgan fingerprint density at radius 3 is 2.86 bits per heavy atom. The Hall–Kier alpha value is -1.11. The zero-order valence-electron chi connectivity index (χ0n) is 11.7. The van der Waals surface area contributed by atoms with Crippen molar-refractivity contribution in [3.63, 3.8) is 0 Å². The van der Waals surface area contributed by atoms with Gasteiger partial charge < -0.3 is 10.4 Å². The fourth-order valence-electron chi connectivity index (χ4n) is 2.41. The minimum atomic E-state index is -1.17. The number of aliphatic hydroxyl groups is 1. The van der Waals surface area contributed by atoms with Crippen LogP contribution in [0.2, 0.25) is 0 Å². The summed E-state index contributed by atoms with van der Waals surface area (Å²) in [5, 5.41) is 14.2. The summed E-state index contributed by atoms with van der Waals surface area (Å²) in [4.78, 5) is 16.6. The fourth-order valence-corrected chi connectivity index (χ4v) is 4.55. The third-order valence-corrected chi connectivity index (χ3v) is 5.79. The molecule has 1 amide bonds. The minimum Gasteiger partial charge on any atom is -0.380 e. The first kappa shape index (κ1) is 14.8. The molecule has 0 unspecified atom stereocenters. The van der Waals surface area contributed by atoms with E-state index >= 15 is 0 Å². The lowest BCUT2D eigenvalue weighted by atomic mass is 9.96. The SMILES string of the molecule is O=C(NCCc1nc2ccccc2s1)C1(O)CCSCC1. The molecule has 0 spiro atoms. The molecule has 1 aromatic carbocycles. The molecular formula is C15H18N2O2S2. The first-order chi connectivity index (χ1) is 10.2. The van der Waals surface area contributed by atoms with Crippen LogP contribution in [0.1, 0.15) is 17.8 Å². The molecule has 1 aliphatic heterocycles. The number of amides is 1. The highest BCUT2D eigenvalue weighted by Gasteiger charge is 2.36. The van der Waals surface area contributed by atoms with Gasteiger partial charge in [-0.2, -0.15) is 11.8 Å². The summed E-state index contributed by atoms with van der Waals surface area (Å²) in [5.74, 6) is 1.47. The maximum Gasteiger partial charge on any atom is 0.252 e. The topological polar surface area (TPSA) is 62.2 Å². The molecule has 1 saturated heterocycles. The zero-order valence-corrected chi connectivity index (χ0v) is 13.3. The van der Waals surface area contributed by atoms with Gasteiger partial charge >= 0.3 is 0 Å². The predicted molar refractivity (Wildman–Crippen MR) is 87.8 cm³/mol. The van der Waals surface area contributed by atoms with Gasteiger partial charge in [0.15, 0.2) is 0 Å². The van der Waals surface area contributed by atoms with Crippen molar-refractivity contribution >= 4 is 39.2 Å². The van der Waals surface area contributed by atoms with Gasteiger partial charge in [0, 0.05) is 13.0 Å². The summed E-state index contributed by atoms with van der Waals surface area (Å²) in [6.45, 7) is 0.522. The number of nitrogens with one attached hydrogen (secondary N) is 1. The Kier molecular flexibility index (Phi) is 4.47. The molecule has 3 rings (SSSR count).